The average Bonchev–Trinajstić information content (AvgIpc) is 2.81. The molecule has 0 spiro atoms. The number of carbonyl (C=O) groups is 2. The van der Waals surface area contributed by atoms with Crippen molar-refractivity contribution in [2.24, 2.45) is 0 Å². The number of sulfonamides is 1. The molecule has 184 valence electrons. The van der Waals surface area contributed by atoms with Gasteiger partial charge in [0.15, 0.2) is 0 Å². The largest absolute Gasteiger partial charge is 0.342 e. The van der Waals surface area contributed by atoms with Crippen molar-refractivity contribution in [1.82, 2.24) is 14.7 Å². The second kappa shape index (κ2) is 11.0. The molecule has 0 atom stereocenters. The van der Waals surface area contributed by atoms with E-state index in [0.29, 0.717) is 57.1 Å². The fourth-order valence-electron chi connectivity index (χ4n) is 3.98. The van der Waals surface area contributed by atoms with E-state index in [1.165, 1.54) is 12.1 Å². The van der Waals surface area contributed by atoms with Gasteiger partial charge in [-0.15, -0.1) is 0 Å². The van der Waals surface area contributed by atoms with Crippen molar-refractivity contribution < 1.29 is 18.0 Å². The van der Waals surface area contributed by atoms with Gasteiger partial charge < -0.3 is 9.80 Å². The molecule has 1 saturated heterocycles. The number of anilines is 1. The number of hydrogen-bond donors (Lipinski definition) is 1. The maximum atomic E-state index is 13.2. The van der Waals surface area contributed by atoms with E-state index >= 15 is 0 Å². The van der Waals surface area contributed by atoms with Crippen molar-refractivity contribution in [2.45, 2.75) is 32.6 Å². The molecule has 0 bridgehead atoms. The number of carbonyl (C=O) groups excluding carboxylic acids is 2. The van der Waals surface area contributed by atoms with E-state index in [0.717, 1.165) is 11.1 Å². The highest BCUT2D eigenvalue weighted by molar-refractivity contribution is 7.92. The predicted molar refractivity (Wildman–Crippen MR) is 133 cm³/mol. The molecule has 34 heavy (non-hydrogen) atoms. The molecular formula is C25H34N4O4S. The topological polar surface area (TPSA) is 90.0 Å². The quantitative estimate of drug-likeness (QED) is 0.620. The highest BCUT2D eigenvalue weighted by Crippen LogP contribution is 2.21. The molecule has 1 aliphatic rings. The normalized spacial score (nSPS) is 14.6. The van der Waals surface area contributed by atoms with Crippen LogP contribution in [-0.4, -0.2) is 80.7 Å². The Morgan fingerprint density at radius 3 is 2.15 bits per heavy atom. The lowest BCUT2D eigenvalue weighted by Crippen LogP contribution is -2.51. The number of likely N-dealkylation sites (N-methyl/N-ethyl adjacent to an activating group) is 1. The van der Waals surface area contributed by atoms with Gasteiger partial charge in [-0.25, -0.2) is 8.42 Å². The minimum Gasteiger partial charge on any atom is -0.342 e. The number of nitrogens with zero attached hydrogens (tertiary/aromatic N) is 3. The minimum absolute atomic E-state index is 0.0467. The number of rotatable bonds is 8. The van der Waals surface area contributed by atoms with Crippen LogP contribution in [0.25, 0.3) is 0 Å². The zero-order valence-corrected chi connectivity index (χ0v) is 21.2. The van der Waals surface area contributed by atoms with Crippen LogP contribution in [0.1, 0.15) is 35.3 Å². The Labute approximate surface area is 202 Å². The Kier molecular flexibility index (Phi) is 8.33. The Morgan fingerprint density at radius 1 is 0.941 bits per heavy atom. The molecule has 0 unspecified atom stereocenters. The first-order valence-electron chi connectivity index (χ1n) is 11.6. The van der Waals surface area contributed by atoms with Crippen molar-refractivity contribution in [3.63, 3.8) is 0 Å². The maximum Gasteiger partial charge on any atom is 0.261 e. The molecule has 3 rings (SSSR count). The molecule has 1 heterocycles. The van der Waals surface area contributed by atoms with Crippen molar-refractivity contribution in [2.75, 3.05) is 50.5 Å². The number of amides is 2. The first-order chi connectivity index (χ1) is 16.1. The van der Waals surface area contributed by atoms with E-state index in [4.69, 9.17) is 0 Å². The third-order valence-corrected chi connectivity index (χ3v) is 7.57. The second-order valence-electron chi connectivity index (χ2n) is 8.58. The lowest BCUT2D eigenvalue weighted by molar-refractivity contribution is -0.132. The van der Waals surface area contributed by atoms with E-state index < -0.39 is 10.0 Å². The van der Waals surface area contributed by atoms with Crippen LogP contribution in [0.5, 0.6) is 0 Å². The predicted octanol–water partition coefficient (Wildman–Crippen LogP) is 2.73. The summed E-state index contributed by atoms with van der Waals surface area (Å²) in [4.78, 5) is 31.3. The fourth-order valence-corrected chi connectivity index (χ4v) is 5.07. The van der Waals surface area contributed by atoms with Crippen molar-refractivity contribution in [3.05, 3.63) is 59.2 Å². The molecular weight excluding hydrogens is 452 g/mol. The standard InChI is InChI=1S/C25H34N4O4S/c1-5-28(6-2)24(30)18-27-13-15-29(16-14-27)25(31)23-17-22(12-9-20(23)4)34(32,33)26-21-10-7-19(3)8-11-21/h7-12,17,26H,5-6,13-16,18H2,1-4H3. The molecule has 8 nitrogen and oxygen atoms in total. The Morgan fingerprint density at radius 2 is 1.56 bits per heavy atom. The van der Waals surface area contributed by atoms with Gasteiger partial charge in [-0.05, 0) is 57.5 Å². The monoisotopic (exact) mass is 486 g/mol. The summed E-state index contributed by atoms with van der Waals surface area (Å²) in [6.07, 6.45) is 0. The van der Waals surface area contributed by atoms with Gasteiger partial charge in [0.05, 0.1) is 11.4 Å². The van der Waals surface area contributed by atoms with Crippen LogP contribution in [0.3, 0.4) is 0 Å². The van der Waals surface area contributed by atoms with E-state index in [9.17, 15) is 18.0 Å². The third-order valence-electron chi connectivity index (χ3n) is 6.19. The summed E-state index contributed by atoms with van der Waals surface area (Å²) >= 11 is 0. The van der Waals surface area contributed by atoms with Crippen LogP contribution in [0.15, 0.2) is 47.4 Å². The Balaban J connectivity index is 1.68. The van der Waals surface area contributed by atoms with E-state index in [2.05, 4.69) is 9.62 Å². The van der Waals surface area contributed by atoms with Crippen LogP contribution < -0.4 is 4.72 Å². The first-order valence-corrected chi connectivity index (χ1v) is 13.1. The molecule has 0 radical (unpaired) electrons. The molecule has 2 aromatic rings. The van der Waals surface area contributed by atoms with Gasteiger partial charge in [0.2, 0.25) is 5.91 Å². The lowest BCUT2D eigenvalue weighted by Gasteiger charge is -2.35. The van der Waals surface area contributed by atoms with Gasteiger partial charge in [-0.2, -0.15) is 0 Å². The SMILES string of the molecule is CCN(CC)C(=O)CN1CCN(C(=O)c2cc(S(=O)(=O)Nc3ccc(C)cc3)ccc2C)CC1. The molecule has 0 aromatic heterocycles. The zero-order chi connectivity index (χ0) is 24.9. The number of aryl methyl sites for hydroxylation is 2. The summed E-state index contributed by atoms with van der Waals surface area (Å²) < 4.78 is 28.4. The average molecular weight is 487 g/mol. The molecule has 9 heteroatoms. The molecule has 2 amide bonds. The summed E-state index contributed by atoms with van der Waals surface area (Å²) in [6, 6.07) is 11.7. The van der Waals surface area contributed by atoms with Crippen LogP contribution in [0.2, 0.25) is 0 Å². The highest BCUT2D eigenvalue weighted by Gasteiger charge is 2.26. The van der Waals surface area contributed by atoms with Crippen LogP contribution in [0, 0.1) is 13.8 Å². The molecule has 1 aliphatic heterocycles. The van der Waals surface area contributed by atoms with Crippen LogP contribution in [-0.2, 0) is 14.8 Å². The van der Waals surface area contributed by atoms with Crippen LogP contribution >= 0.6 is 0 Å². The first kappa shape index (κ1) is 25.7. The molecule has 1 N–H and O–H groups in total. The highest BCUT2D eigenvalue weighted by atomic mass is 32.2. The summed E-state index contributed by atoms with van der Waals surface area (Å²) in [5.41, 5.74) is 2.59. The summed E-state index contributed by atoms with van der Waals surface area (Å²) in [6.45, 7) is 11.6. The van der Waals surface area contributed by atoms with E-state index in [1.54, 1.807) is 34.9 Å². The van der Waals surface area contributed by atoms with Gasteiger partial charge in [0.1, 0.15) is 0 Å². The second-order valence-corrected chi connectivity index (χ2v) is 10.3. The maximum absolute atomic E-state index is 13.2. The minimum atomic E-state index is -3.84. The molecule has 0 saturated carbocycles. The van der Waals surface area contributed by atoms with Gasteiger partial charge >= 0.3 is 0 Å². The summed E-state index contributed by atoms with van der Waals surface area (Å²) in [5, 5.41) is 0. The van der Waals surface area contributed by atoms with Crippen molar-refractivity contribution >= 4 is 27.5 Å². The van der Waals surface area contributed by atoms with Crippen LogP contribution in [0.4, 0.5) is 5.69 Å². The van der Waals surface area contributed by atoms with E-state index in [1.807, 2.05) is 32.9 Å². The van der Waals surface area contributed by atoms with Gasteiger partial charge in [0, 0.05) is 50.5 Å². The number of benzene rings is 2. The van der Waals surface area contributed by atoms with E-state index in [-0.39, 0.29) is 16.7 Å². The Bertz CT molecular complexity index is 1120. The summed E-state index contributed by atoms with van der Waals surface area (Å²) in [7, 11) is -3.84. The summed E-state index contributed by atoms with van der Waals surface area (Å²) in [5.74, 6) is -0.0980. The zero-order valence-electron chi connectivity index (χ0n) is 20.4. The third kappa shape index (κ3) is 6.15. The van der Waals surface area contributed by atoms with Gasteiger partial charge in [0.25, 0.3) is 15.9 Å². The fraction of sp³-hybridized carbons (Fsp3) is 0.440. The number of piperazine rings is 1. The number of nitrogens with one attached hydrogen (secondary N) is 1. The Hall–Kier alpha value is -2.91. The number of hydrogen-bond acceptors (Lipinski definition) is 5. The van der Waals surface area contributed by atoms with Crippen molar-refractivity contribution in [3.8, 4) is 0 Å². The van der Waals surface area contributed by atoms with Gasteiger partial charge in [-0.1, -0.05) is 23.8 Å². The van der Waals surface area contributed by atoms with Gasteiger partial charge in [-0.3, -0.25) is 19.2 Å². The molecule has 0 aliphatic carbocycles. The lowest BCUT2D eigenvalue weighted by atomic mass is 10.1. The van der Waals surface area contributed by atoms with Crippen molar-refractivity contribution in [1.29, 1.82) is 0 Å². The molecule has 1 fully saturated rings. The molecule has 2 aromatic carbocycles. The smallest absolute Gasteiger partial charge is 0.261 e.